The fraction of sp³-hybridized carbons (Fsp3) is 0.182. The Kier molecular flexibility index (Phi) is 4.39. The van der Waals surface area contributed by atoms with Crippen LogP contribution in [-0.4, -0.2) is 31.0 Å². The molecule has 0 spiro atoms. The first-order valence-electron chi connectivity index (χ1n) is 5.65. The standard InChI is InChI=1S/C11H8Cl2N4O4/c12-6-3-8(13)11(9(4-6)17(20)21)16-5-7(14-15-16)1-2-10(18)19/h3-5H,1-2H2,(H,18,19). The zero-order valence-corrected chi connectivity index (χ0v) is 11.9. The van der Waals surface area contributed by atoms with E-state index in [1.807, 2.05) is 0 Å². The molecule has 0 saturated heterocycles. The number of aryl methyl sites for hydroxylation is 1. The van der Waals surface area contributed by atoms with Crippen molar-refractivity contribution in [3.05, 3.63) is 44.2 Å². The second-order valence-corrected chi connectivity index (χ2v) is 4.90. The zero-order valence-electron chi connectivity index (χ0n) is 10.4. The van der Waals surface area contributed by atoms with Crippen LogP contribution in [-0.2, 0) is 11.2 Å². The van der Waals surface area contributed by atoms with Crippen molar-refractivity contribution in [2.75, 3.05) is 0 Å². The lowest BCUT2D eigenvalue weighted by Crippen LogP contribution is -2.02. The minimum atomic E-state index is -0.972. The second kappa shape index (κ2) is 6.06. The molecule has 0 aliphatic carbocycles. The summed E-state index contributed by atoms with van der Waals surface area (Å²) in [6.45, 7) is 0. The fourth-order valence-electron chi connectivity index (χ4n) is 1.68. The quantitative estimate of drug-likeness (QED) is 0.665. The predicted molar refractivity (Wildman–Crippen MR) is 74.0 cm³/mol. The largest absolute Gasteiger partial charge is 0.481 e. The topological polar surface area (TPSA) is 111 Å². The van der Waals surface area contributed by atoms with Crippen molar-refractivity contribution in [2.24, 2.45) is 0 Å². The number of rotatable bonds is 5. The molecule has 0 atom stereocenters. The molecular weight excluding hydrogens is 323 g/mol. The van der Waals surface area contributed by atoms with Gasteiger partial charge in [-0.25, -0.2) is 4.68 Å². The molecule has 10 heteroatoms. The maximum atomic E-state index is 11.1. The van der Waals surface area contributed by atoms with Gasteiger partial charge < -0.3 is 5.11 Å². The van der Waals surface area contributed by atoms with Crippen LogP contribution in [0.1, 0.15) is 12.1 Å². The fourth-order valence-corrected chi connectivity index (χ4v) is 2.24. The zero-order chi connectivity index (χ0) is 15.6. The molecule has 0 fully saturated rings. The van der Waals surface area contributed by atoms with Gasteiger partial charge in [-0.2, -0.15) is 0 Å². The van der Waals surface area contributed by atoms with Gasteiger partial charge in [0, 0.05) is 17.5 Å². The number of hydrogen-bond acceptors (Lipinski definition) is 5. The van der Waals surface area contributed by atoms with Gasteiger partial charge in [0.25, 0.3) is 5.69 Å². The second-order valence-electron chi connectivity index (χ2n) is 4.06. The summed E-state index contributed by atoms with van der Waals surface area (Å²) in [5, 5.41) is 27.4. The van der Waals surface area contributed by atoms with E-state index in [4.69, 9.17) is 28.3 Å². The SMILES string of the molecule is O=C(O)CCc1cn(-c2c(Cl)cc(Cl)cc2[N+](=O)[O-])nn1. The summed E-state index contributed by atoms with van der Waals surface area (Å²) in [5.41, 5.74) is 0.0973. The van der Waals surface area contributed by atoms with Crippen molar-refractivity contribution in [3.8, 4) is 5.69 Å². The molecule has 1 N–H and O–H groups in total. The van der Waals surface area contributed by atoms with Crippen molar-refractivity contribution < 1.29 is 14.8 Å². The Labute approximate surface area is 128 Å². The lowest BCUT2D eigenvalue weighted by Gasteiger charge is -2.05. The van der Waals surface area contributed by atoms with E-state index in [1.165, 1.54) is 12.3 Å². The summed E-state index contributed by atoms with van der Waals surface area (Å²) in [6.07, 6.45) is 1.44. The van der Waals surface area contributed by atoms with Crippen molar-refractivity contribution in [2.45, 2.75) is 12.8 Å². The van der Waals surface area contributed by atoms with Crippen LogP contribution < -0.4 is 0 Å². The Morgan fingerprint density at radius 3 is 2.76 bits per heavy atom. The van der Waals surface area contributed by atoms with Gasteiger partial charge in [0.2, 0.25) is 0 Å². The van der Waals surface area contributed by atoms with Crippen LogP contribution in [0, 0.1) is 10.1 Å². The molecule has 1 heterocycles. The van der Waals surface area contributed by atoms with Crippen LogP contribution >= 0.6 is 23.2 Å². The average Bonchev–Trinajstić information content (AvgIpc) is 2.83. The number of aromatic nitrogens is 3. The molecule has 0 aliphatic rings. The number of nitro benzene ring substituents is 1. The van der Waals surface area contributed by atoms with Crippen LogP contribution in [0.4, 0.5) is 5.69 Å². The van der Waals surface area contributed by atoms with E-state index in [1.54, 1.807) is 0 Å². The Hall–Kier alpha value is -2.19. The number of nitrogens with zero attached hydrogens (tertiary/aromatic N) is 4. The van der Waals surface area contributed by atoms with Crippen LogP contribution in [0.3, 0.4) is 0 Å². The summed E-state index contributed by atoms with van der Waals surface area (Å²) in [7, 11) is 0. The molecule has 110 valence electrons. The third kappa shape index (κ3) is 3.47. The summed E-state index contributed by atoms with van der Waals surface area (Å²) < 4.78 is 1.13. The van der Waals surface area contributed by atoms with Gasteiger partial charge in [-0.1, -0.05) is 28.4 Å². The lowest BCUT2D eigenvalue weighted by atomic mass is 10.2. The van der Waals surface area contributed by atoms with Crippen molar-refractivity contribution in [1.29, 1.82) is 0 Å². The number of aliphatic carboxylic acids is 1. The molecule has 1 aromatic carbocycles. The lowest BCUT2D eigenvalue weighted by molar-refractivity contribution is -0.384. The summed E-state index contributed by atoms with van der Waals surface area (Å²) in [6, 6.07) is 2.51. The predicted octanol–water partition coefficient (Wildman–Crippen LogP) is 2.50. The van der Waals surface area contributed by atoms with Crippen LogP contribution in [0.2, 0.25) is 10.0 Å². The third-order valence-corrected chi connectivity index (χ3v) is 3.08. The van der Waals surface area contributed by atoms with E-state index >= 15 is 0 Å². The van der Waals surface area contributed by atoms with E-state index < -0.39 is 10.9 Å². The van der Waals surface area contributed by atoms with Crippen molar-refractivity contribution in [3.63, 3.8) is 0 Å². The van der Waals surface area contributed by atoms with E-state index in [0.29, 0.717) is 5.69 Å². The summed E-state index contributed by atoms with van der Waals surface area (Å²) in [5.74, 6) is -0.972. The number of benzene rings is 1. The Bertz CT molecular complexity index is 716. The minimum Gasteiger partial charge on any atom is -0.481 e. The van der Waals surface area contributed by atoms with Gasteiger partial charge in [-0.15, -0.1) is 5.10 Å². The molecule has 0 bridgehead atoms. The molecule has 0 unspecified atom stereocenters. The highest BCUT2D eigenvalue weighted by Gasteiger charge is 2.21. The van der Waals surface area contributed by atoms with Gasteiger partial charge in [-0.3, -0.25) is 14.9 Å². The third-order valence-electron chi connectivity index (χ3n) is 2.57. The highest BCUT2D eigenvalue weighted by atomic mass is 35.5. The molecule has 0 radical (unpaired) electrons. The molecule has 1 aromatic heterocycles. The number of nitro groups is 1. The number of hydrogen-bond donors (Lipinski definition) is 1. The maximum absolute atomic E-state index is 11.1. The molecule has 21 heavy (non-hydrogen) atoms. The Morgan fingerprint density at radius 2 is 2.14 bits per heavy atom. The first-order chi connectivity index (χ1) is 9.88. The van der Waals surface area contributed by atoms with Crippen molar-refractivity contribution in [1.82, 2.24) is 15.0 Å². The molecule has 2 rings (SSSR count). The van der Waals surface area contributed by atoms with Crippen LogP contribution in [0.25, 0.3) is 5.69 Å². The van der Waals surface area contributed by atoms with Crippen molar-refractivity contribution >= 4 is 34.9 Å². The Morgan fingerprint density at radius 1 is 1.43 bits per heavy atom. The van der Waals surface area contributed by atoms with Gasteiger partial charge in [0.1, 0.15) is 0 Å². The molecule has 0 aliphatic heterocycles. The summed E-state index contributed by atoms with van der Waals surface area (Å²) >= 11 is 11.7. The maximum Gasteiger partial charge on any atom is 0.303 e. The minimum absolute atomic E-state index is 0.0279. The molecule has 2 aromatic rings. The van der Waals surface area contributed by atoms with Gasteiger partial charge >= 0.3 is 5.97 Å². The average molecular weight is 331 g/mol. The summed E-state index contributed by atoms with van der Waals surface area (Å²) in [4.78, 5) is 20.9. The number of carboxylic acid groups (broad SMARTS) is 1. The van der Waals surface area contributed by atoms with E-state index in [9.17, 15) is 14.9 Å². The molecule has 0 amide bonds. The van der Waals surface area contributed by atoms with Gasteiger partial charge in [0.15, 0.2) is 5.69 Å². The van der Waals surface area contributed by atoms with E-state index in [-0.39, 0.29) is 34.3 Å². The number of halogens is 2. The first kappa shape index (κ1) is 15.2. The highest BCUT2D eigenvalue weighted by Crippen LogP contribution is 2.33. The normalized spacial score (nSPS) is 10.6. The highest BCUT2D eigenvalue weighted by molar-refractivity contribution is 6.36. The van der Waals surface area contributed by atoms with Crippen LogP contribution in [0.5, 0.6) is 0 Å². The molecule has 8 nitrogen and oxygen atoms in total. The molecule has 0 saturated carbocycles. The molecular formula is C11H8Cl2N4O4. The van der Waals surface area contributed by atoms with Gasteiger partial charge in [0.05, 0.1) is 28.3 Å². The van der Waals surface area contributed by atoms with E-state index in [0.717, 1.165) is 10.7 Å². The van der Waals surface area contributed by atoms with E-state index in [2.05, 4.69) is 10.3 Å². The van der Waals surface area contributed by atoms with Crippen LogP contribution in [0.15, 0.2) is 18.3 Å². The smallest absolute Gasteiger partial charge is 0.303 e. The number of carbonyl (C=O) groups is 1. The Balaban J connectivity index is 2.42. The monoisotopic (exact) mass is 330 g/mol. The van der Waals surface area contributed by atoms with Gasteiger partial charge in [-0.05, 0) is 6.07 Å². The first-order valence-corrected chi connectivity index (χ1v) is 6.41. The number of carboxylic acids is 1.